The van der Waals surface area contributed by atoms with Crippen LogP contribution in [0.25, 0.3) is 0 Å². The summed E-state index contributed by atoms with van der Waals surface area (Å²) in [5.74, 6) is -2.41. The molecular weight excluding hydrogens is 508 g/mol. The molecule has 4 atom stereocenters. The van der Waals surface area contributed by atoms with Gasteiger partial charge in [-0.3, -0.25) is 0 Å². The molecule has 0 aromatic heterocycles. The Kier molecular flexibility index (Phi) is 8.38. The lowest BCUT2D eigenvalue weighted by atomic mass is 10.0. The van der Waals surface area contributed by atoms with E-state index in [1.165, 1.54) is 38.5 Å². The number of methoxy groups -OCH3 is 2. The lowest BCUT2D eigenvalue weighted by molar-refractivity contribution is -0.444. The molecule has 1 saturated heterocycles. The van der Waals surface area contributed by atoms with Crippen molar-refractivity contribution in [3.05, 3.63) is 48.5 Å². The molecule has 1 heterocycles. The summed E-state index contributed by atoms with van der Waals surface area (Å²) in [4.78, 5) is 0.467. The summed E-state index contributed by atoms with van der Waals surface area (Å²) >= 11 is 0. The SMILES string of the molecule is CO[C@@]1(C)O[C@H](CNc2ccc(S(C)(=O)=O)cc2)[C@H](CNc2ccc(S(C)(=O)=O)cc2)O[C@@]1(C)OC. The van der Waals surface area contributed by atoms with Gasteiger partial charge in [-0.15, -0.1) is 0 Å². The van der Waals surface area contributed by atoms with Crippen LogP contribution >= 0.6 is 0 Å². The molecule has 0 unspecified atom stereocenters. The van der Waals surface area contributed by atoms with E-state index in [-0.39, 0.29) is 9.79 Å². The molecule has 12 heteroatoms. The standard InChI is InChI=1S/C24H34N2O8S2/c1-23(31-3)24(2,32-4)34-22(16-26-18-9-13-20(14-10-18)36(6,29)30)21(33-23)15-25-17-7-11-19(12-8-17)35(5,27)28/h7-14,21-22,25-26H,15-16H2,1-6H3/t21-,22+,23+,24-. The number of ether oxygens (including phenoxy) is 4. The third kappa shape index (κ3) is 6.36. The van der Waals surface area contributed by atoms with E-state index in [9.17, 15) is 16.8 Å². The molecule has 0 saturated carbocycles. The summed E-state index contributed by atoms with van der Waals surface area (Å²) in [5.41, 5.74) is 1.43. The topological polar surface area (TPSA) is 129 Å². The van der Waals surface area contributed by atoms with E-state index in [1.54, 1.807) is 38.1 Å². The van der Waals surface area contributed by atoms with Gasteiger partial charge in [-0.05, 0) is 62.4 Å². The zero-order valence-electron chi connectivity index (χ0n) is 21.3. The van der Waals surface area contributed by atoms with Crippen LogP contribution in [0.4, 0.5) is 11.4 Å². The number of nitrogens with one attached hydrogen (secondary N) is 2. The third-order valence-corrected chi connectivity index (χ3v) is 8.61. The molecule has 0 aliphatic carbocycles. The molecule has 0 amide bonds. The van der Waals surface area contributed by atoms with Gasteiger partial charge in [0, 0.05) is 51.2 Å². The molecule has 1 aliphatic rings. The number of sulfone groups is 2. The van der Waals surface area contributed by atoms with Crippen LogP contribution in [0.1, 0.15) is 13.8 Å². The molecule has 0 spiro atoms. The van der Waals surface area contributed by atoms with E-state index in [0.717, 1.165) is 12.5 Å². The van der Waals surface area contributed by atoms with Gasteiger partial charge >= 0.3 is 0 Å². The molecule has 3 rings (SSSR count). The minimum atomic E-state index is -3.29. The Morgan fingerprint density at radius 3 is 1.25 bits per heavy atom. The van der Waals surface area contributed by atoms with Crippen molar-refractivity contribution in [2.24, 2.45) is 0 Å². The zero-order valence-corrected chi connectivity index (χ0v) is 22.9. The van der Waals surface area contributed by atoms with Crippen molar-refractivity contribution in [3.63, 3.8) is 0 Å². The second-order valence-electron chi connectivity index (χ2n) is 8.97. The van der Waals surface area contributed by atoms with E-state index < -0.39 is 43.5 Å². The summed E-state index contributed by atoms with van der Waals surface area (Å²) in [6, 6.07) is 12.9. The molecule has 36 heavy (non-hydrogen) atoms. The quantitative estimate of drug-likeness (QED) is 0.462. The maximum atomic E-state index is 11.7. The van der Waals surface area contributed by atoms with Crippen LogP contribution in [0.2, 0.25) is 0 Å². The van der Waals surface area contributed by atoms with Crippen molar-refractivity contribution in [2.45, 2.75) is 47.4 Å². The van der Waals surface area contributed by atoms with E-state index in [2.05, 4.69) is 10.6 Å². The Morgan fingerprint density at radius 1 is 0.694 bits per heavy atom. The summed E-state index contributed by atoms with van der Waals surface area (Å²) in [5, 5.41) is 6.52. The highest BCUT2D eigenvalue weighted by molar-refractivity contribution is 7.91. The molecule has 2 N–H and O–H groups in total. The van der Waals surface area contributed by atoms with Crippen LogP contribution in [0.15, 0.2) is 58.3 Å². The van der Waals surface area contributed by atoms with Gasteiger partial charge in [0.25, 0.3) is 0 Å². The summed E-state index contributed by atoms with van der Waals surface area (Å²) in [6.45, 7) is 4.13. The Balaban J connectivity index is 1.77. The fourth-order valence-electron chi connectivity index (χ4n) is 3.83. The average Bonchev–Trinajstić information content (AvgIpc) is 2.83. The second kappa shape index (κ2) is 10.6. The predicted molar refractivity (Wildman–Crippen MR) is 137 cm³/mol. The molecule has 0 bridgehead atoms. The van der Waals surface area contributed by atoms with E-state index in [4.69, 9.17) is 18.9 Å². The third-order valence-electron chi connectivity index (χ3n) is 6.35. The van der Waals surface area contributed by atoms with Crippen LogP contribution in [-0.2, 0) is 38.6 Å². The van der Waals surface area contributed by atoms with Gasteiger partial charge in [0.05, 0.1) is 9.79 Å². The first-order valence-corrected chi connectivity index (χ1v) is 15.0. The first-order valence-electron chi connectivity index (χ1n) is 11.2. The molecule has 2 aromatic carbocycles. The highest BCUT2D eigenvalue weighted by Gasteiger charge is 2.56. The number of rotatable bonds is 10. The number of hydrogen-bond acceptors (Lipinski definition) is 10. The van der Waals surface area contributed by atoms with Crippen LogP contribution in [0, 0.1) is 0 Å². The van der Waals surface area contributed by atoms with Crippen molar-refractivity contribution in [1.82, 2.24) is 0 Å². The van der Waals surface area contributed by atoms with Crippen molar-refractivity contribution in [2.75, 3.05) is 50.5 Å². The fraction of sp³-hybridized carbons (Fsp3) is 0.500. The lowest BCUT2D eigenvalue weighted by Crippen LogP contribution is -2.67. The number of hydrogen-bond donors (Lipinski definition) is 2. The fourth-order valence-corrected chi connectivity index (χ4v) is 5.09. The second-order valence-corrected chi connectivity index (χ2v) is 13.0. The van der Waals surface area contributed by atoms with Crippen molar-refractivity contribution in [3.8, 4) is 0 Å². The van der Waals surface area contributed by atoms with Gasteiger partial charge < -0.3 is 29.6 Å². The van der Waals surface area contributed by atoms with Crippen molar-refractivity contribution >= 4 is 31.0 Å². The van der Waals surface area contributed by atoms with E-state index in [1.807, 2.05) is 0 Å². The Labute approximate surface area is 213 Å². The molecule has 2 aromatic rings. The average molecular weight is 543 g/mol. The lowest BCUT2D eigenvalue weighted by Gasteiger charge is -2.52. The van der Waals surface area contributed by atoms with Crippen LogP contribution in [0.3, 0.4) is 0 Å². The van der Waals surface area contributed by atoms with E-state index >= 15 is 0 Å². The summed E-state index contributed by atoms with van der Waals surface area (Å²) in [6.07, 6.45) is 1.34. The summed E-state index contributed by atoms with van der Waals surface area (Å²) < 4.78 is 70.8. The van der Waals surface area contributed by atoms with E-state index in [0.29, 0.717) is 24.5 Å². The van der Waals surface area contributed by atoms with Gasteiger partial charge in [-0.1, -0.05) is 0 Å². The summed E-state index contributed by atoms with van der Waals surface area (Å²) in [7, 11) is -3.55. The zero-order chi connectivity index (χ0) is 26.8. The minimum absolute atomic E-state index is 0.233. The number of anilines is 2. The van der Waals surface area contributed by atoms with Gasteiger partial charge in [0.15, 0.2) is 19.7 Å². The number of benzene rings is 2. The van der Waals surface area contributed by atoms with Crippen LogP contribution in [0.5, 0.6) is 0 Å². The highest BCUT2D eigenvalue weighted by Crippen LogP contribution is 2.39. The van der Waals surface area contributed by atoms with Crippen molar-refractivity contribution in [1.29, 1.82) is 0 Å². The highest BCUT2D eigenvalue weighted by atomic mass is 32.2. The molecule has 10 nitrogen and oxygen atoms in total. The normalized spacial score (nSPS) is 26.9. The maximum absolute atomic E-state index is 11.7. The van der Waals surface area contributed by atoms with Gasteiger partial charge in [-0.2, -0.15) is 0 Å². The monoisotopic (exact) mass is 542 g/mol. The Morgan fingerprint density at radius 2 is 1.00 bits per heavy atom. The Hall–Kier alpha value is -2.22. The first-order chi connectivity index (χ1) is 16.7. The van der Waals surface area contributed by atoms with Crippen LogP contribution in [-0.4, -0.2) is 80.4 Å². The predicted octanol–water partition coefficient (Wildman–Crippen LogP) is 2.53. The van der Waals surface area contributed by atoms with Crippen LogP contribution < -0.4 is 10.6 Å². The molecule has 0 radical (unpaired) electrons. The molecule has 200 valence electrons. The maximum Gasteiger partial charge on any atom is 0.220 e. The minimum Gasteiger partial charge on any atom is -0.382 e. The molecular formula is C24H34N2O8S2. The van der Waals surface area contributed by atoms with Crippen molar-refractivity contribution < 1.29 is 35.8 Å². The van der Waals surface area contributed by atoms with Gasteiger partial charge in [-0.25, -0.2) is 16.8 Å². The first kappa shape index (κ1) is 28.4. The largest absolute Gasteiger partial charge is 0.382 e. The molecule has 1 fully saturated rings. The molecule has 1 aliphatic heterocycles. The smallest absolute Gasteiger partial charge is 0.220 e. The van der Waals surface area contributed by atoms with Gasteiger partial charge in [0.1, 0.15) is 12.2 Å². The Bertz CT molecular complexity index is 1150. The van der Waals surface area contributed by atoms with Gasteiger partial charge in [0.2, 0.25) is 11.6 Å².